The average molecular weight is 268 g/mol. The van der Waals surface area contributed by atoms with Crippen molar-refractivity contribution in [2.45, 2.75) is 25.8 Å². The first kappa shape index (κ1) is 13.9. The molecular weight excluding hydrogens is 250 g/mol. The molecule has 0 aliphatic carbocycles. The summed E-state index contributed by atoms with van der Waals surface area (Å²) in [5.41, 5.74) is 0.971. The van der Waals surface area contributed by atoms with Crippen LogP contribution in [-0.2, 0) is 4.79 Å². The highest BCUT2D eigenvalue weighted by molar-refractivity contribution is 5.92. The Bertz CT molecular complexity index is 465. The van der Waals surface area contributed by atoms with Crippen LogP contribution in [0.15, 0.2) is 18.2 Å². The van der Waals surface area contributed by atoms with Gasteiger partial charge in [-0.15, -0.1) is 0 Å². The lowest BCUT2D eigenvalue weighted by atomic mass is 10.2. The fraction of sp³-hybridized carbons (Fsp3) is 0.500. The number of carbonyl (C=O) groups excluding carboxylic acids is 1. The third-order valence-electron chi connectivity index (χ3n) is 3.48. The van der Waals surface area contributed by atoms with Crippen molar-refractivity contribution in [3.63, 3.8) is 0 Å². The highest BCUT2D eigenvalue weighted by Crippen LogP contribution is 2.18. The Kier molecular flexibility index (Phi) is 4.47. The smallest absolute Gasteiger partial charge is 0.238 e. The fourth-order valence-electron chi connectivity index (χ4n) is 2.33. The zero-order valence-corrected chi connectivity index (χ0v) is 11.0. The third kappa shape index (κ3) is 3.50. The zero-order chi connectivity index (χ0) is 13.8. The molecule has 1 heterocycles. The molecule has 1 amide bonds. The summed E-state index contributed by atoms with van der Waals surface area (Å²) >= 11 is 0. The van der Waals surface area contributed by atoms with Crippen molar-refractivity contribution in [3.8, 4) is 0 Å². The lowest BCUT2D eigenvalue weighted by Gasteiger charge is -2.21. The van der Waals surface area contributed by atoms with Crippen LogP contribution in [0.1, 0.15) is 18.4 Å². The zero-order valence-electron chi connectivity index (χ0n) is 11.0. The summed E-state index contributed by atoms with van der Waals surface area (Å²) in [6.45, 7) is 2.14. The minimum atomic E-state index is -0.424. The molecule has 0 radical (unpaired) electrons. The number of aryl methyl sites for hydroxylation is 1. The van der Waals surface area contributed by atoms with Gasteiger partial charge in [-0.3, -0.25) is 9.69 Å². The second-order valence-corrected chi connectivity index (χ2v) is 4.93. The van der Waals surface area contributed by atoms with Crippen molar-refractivity contribution in [2.75, 3.05) is 25.1 Å². The molecule has 1 saturated heterocycles. The summed E-state index contributed by atoms with van der Waals surface area (Å²) in [6, 6.07) is 4.42. The van der Waals surface area contributed by atoms with Gasteiger partial charge in [0.05, 0.1) is 6.54 Å². The highest BCUT2D eigenvalue weighted by Gasteiger charge is 2.25. The number of likely N-dealkylation sites (tertiary alicyclic amines) is 1. The molecule has 1 aromatic carbocycles. The Hall–Kier alpha value is -1.49. The van der Waals surface area contributed by atoms with Crippen LogP contribution in [-0.4, -0.2) is 36.6 Å². The molecule has 104 valence electrons. The van der Waals surface area contributed by atoms with Gasteiger partial charge in [0.1, 0.15) is 12.5 Å². The van der Waals surface area contributed by atoms with E-state index in [1.807, 2.05) is 4.90 Å². The molecule has 1 unspecified atom stereocenters. The van der Waals surface area contributed by atoms with E-state index in [9.17, 15) is 13.6 Å². The predicted molar refractivity (Wildman–Crippen MR) is 70.3 cm³/mol. The molecule has 5 heteroatoms. The lowest BCUT2D eigenvalue weighted by Crippen LogP contribution is -2.37. The average Bonchev–Trinajstić information content (AvgIpc) is 2.81. The number of hydrogen-bond donors (Lipinski definition) is 1. The van der Waals surface area contributed by atoms with Gasteiger partial charge >= 0.3 is 0 Å². The van der Waals surface area contributed by atoms with E-state index < -0.39 is 6.67 Å². The van der Waals surface area contributed by atoms with Crippen LogP contribution in [0.2, 0.25) is 0 Å². The summed E-state index contributed by atoms with van der Waals surface area (Å²) < 4.78 is 26.0. The number of halogens is 2. The summed E-state index contributed by atoms with van der Waals surface area (Å²) in [7, 11) is 0. The molecule has 1 aromatic rings. The molecule has 1 fully saturated rings. The van der Waals surface area contributed by atoms with Crippen LogP contribution >= 0.6 is 0 Å². The molecule has 0 aromatic heterocycles. The van der Waals surface area contributed by atoms with Crippen LogP contribution in [0.25, 0.3) is 0 Å². The molecule has 3 nitrogen and oxygen atoms in total. The second kappa shape index (κ2) is 6.10. The van der Waals surface area contributed by atoms with E-state index in [1.165, 1.54) is 6.07 Å². The van der Waals surface area contributed by atoms with Gasteiger partial charge in [-0.25, -0.2) is 8.78 Å². The van der Waals surface area contributed by atoms with Crippen molar-refractivity contribution >= 4 is 11.6 Å². The Balaban J connectivity index is 1.92. The monoisotopic (exact) mass is 268 g/mol. The Morgan fingerprint density at radius 1 is 1.53 bits per heavy atom. The van der Waals surface area contributed by atoms with Gasteiger partial charge < -0.3 is 5.32 Å². The molecule has 0 bridgehead atoms. The molecule has 0 spiro atoms. The number of anilines is 1. The minimum Gasteiger partial charge on any atom is -0.325 e. The van der Waals surface area contributed by atoms with E-state index in [0.717, 1.165) is 19.4 Å². The molecule has 1 N–H and O–H groups in total. The van der Waals surface area contributed by atoms with Gasteiger partial charge in [-0.05, 0) is 44.0 Å². The summed E-state index contributed by atoms with van der Waals surface area (Å²) in [5.74, 6) is -0.579. The standard InChI is InChI=1S/C14H18F2N2O/c1-10-4-5-11(7-13(10)16)17-14(19)9-18-6-2-3-12(18)8-15/h4-5,7,12H,2-3,6,8-9H2,1H3,(H,17,19). The number of benzene rings is 1. The van der Waals surface area contributed by atoms with Crippen molar-refractivity contribution in [3.05, 3.63) is 29.6 Å². The Morgan fingerprint density at radius 2 is 2.32 bits per heavy atom. The van der Waals surface area contributed by atoms with Gasteiger partial charge in [0.25, 0.3) is 0 Å². The van der Waals surface area contributed by atoms with Crippen LogP contribution in [0.5, 0.6) is 0 Å². The Labute approximate surface area is 111 Å². The number of carbonyl (C=O) groups is 1. The van der Waals surface area contributed by atoms with Crippen molar-refractivity contribution in [1.29, 1.82) is 0 Å². The van der Waals surface area contributed by atoms with Crippen LogP contribution in [0, 0.1) is 12.7 Å². The van der Waals surface area contributed by atoms with Crippen molar-refractivity contribution < 1.29 is 13.6 Å². The summed E-state index contributed by atoms with van der Waals surface area (Å²) in [6.07, 6.45) is 1.71. The molecule has 19 heavy (non-hydrogen) atoms. The first-order valence-corrected chi connectivity index (χ1v) is 6.46. The first-order valence-electron chi connectivity index (χ1n) is 6.46. The van der Waals surface area contributed by atoms with E-state index in [2.05, 4.69) is 5.32 Å². The van der Waals surface area contributed by atoms with E-state index in [1.54, 1.807) is 19.1 Å². The van der Waals surface area contributed by atoms with E-state index >= 15 is 0 Å². The number of alkyl halides is 1. The maximum atomic E-state index is 13.3. The second-order valence-electron chi connectivity index (χ2n) is 4.93. The quantitative estimate of drug-likeness (QED) is 0.910. The number of rotatable bonds is 4. The normalized spacial score (nSPS) is 19.6. The highest BCUT2D eigenvalue weighted by atomic mass is 19.1. The first-order chi connectivity index (χ1) is 9.10. The van der Waals surface area contributed by atoms with E-state index in [0.29, 0.717) is 11.3 Å². The molecular formula is C14H18F2N2O. The van der Waals surface area contributed by atoms with Gasteiger partial charge in [0.2, 0.25) is 5.91 Å². The van der Waals surface area contributed by atoms with Gasteiger partial charge in [0, 0.05) is 11.7 Å². The molecule has 1 aliphatic rings. The molecule has 1 atom stereocenters. The fourth-order valence-corrected chi connectivity index (χ4v) is 2.33. The molecule has 1 aliphatic heterocycles. The van der Waals surface area contributed by atoms with Crippen LogP contribution in [0.4, 0.5) is 14.5 Å². The minimum absolute atomic E-state index is 0.152. The van der Waals surface area contributed by atoms with Gasteiger partial charge in [0.15, 0.2) is 0 Å². The van der Waals surface area contributed by atoms with Crippen molar-refractivity contribution in [2.24, 2.45) is 0 Å². The Morgan fingerprint density at radius 3 is 3.00 bits per heavy atom. The maximum absolute atomic E-state index is 13.3. The largest absolute Gasteiger partial charge is 0.325 e. The number of nitrogens with one attached hydrogen (secondary N) is 1. The number of amides is 1. The molecule has 2 rings (SSSR count). The van der Waals surface area contributed by atoms with E-state index in [-0.39, 0.29) is 24.3 Å². The van der Waals surface area contributed by atoms with Gasteiger partial charge in [-0.1, -0.05) is 6.07 Å². The van der Waals surface area contributed by atoms with Crippen LogP contribution < -0.4 is 5.32 Å². The maximum Gasteiger partial charge on any atom is 0.238 e. The number of hydrogen-bond acceptors (Lipinski definition) is 2. The SMILES string of the molecule is Cc1ccc(NC(=O)CN2CCCC2CF)cc1F. The van der Waals surface area contributed by atoms with Crippen LogP contribution in [0.3, 0.4) is 0 Å². The summed E-state index contributed by atoms with van der Waals surface area (Å²) in [5, 5.41) is 2.64. The van der Waals surface area contributed by atoms with E-state index in [4.69, 9.17) is 0 Å². The molecule has 0 saturated carbocycles. The van der Waals surface area contributed by atoms with Gasteiger partial charge in [-0.2, -0.15) is 0 Å². The summed E-state index contributed by atoms with van der Waals surface area (Å²) in [4.78, 5) is 13.7. The van der Waals surface area contributed by atoms with Crippen molar-refractivity contribution in [1.82, 2.24) is 4.90 Å². The lowest BCUT2D eigenvalue weighted by molar-refractivity contribution is -0.117. The topological polar surface area (TPSA) is 32.3 Å². The number of nitrogens with zero attached hydrogens (tertiary/aromatic N) is 1. The predicted octanol–water partition coefficient (Wildman–Crippen LogP) is 2.51. The third-order valence-corrected chi connectivity index (χ3v) is 3.48.